The highest BCUT2D eigenvalue weighted by molar-refractivity contribution is 14.0. The summed E-state index contributed by atoms with van der Waals surface area (Å²) in [4.78, 5) is 5.57. The average Bonchev–Trinajstić information content (AvgIpc) is 2.97. The summed E-state index contributed by atoms with van der Waals surface area (Å²) < 4.78 is 42.5. The second kappa shape index (κ2) is 10.9. The lowest BCUT2D eigenvalue weighted by molar-refractivity contribution is -0.143. The molecular weight excluding hydrogens is 460 g/mol. The Morgan fingerprint density at radius 3 is 2.73 bits per heavy atom. The molecule has 1 aliphatic rings. The molecule has 26 heavy (non-hydrogen) atoms. The van der Waals surface area contributed by atoms with Gasteiger partial charge in [-0.25, -0.2) is 0 Å². The predicted molar refractivity (Wildman–Crippen MR) is 107 cm³/mol. The van der Waals surface area contributed by atoms with Crippen LogP contribution in [0.15, 0.2) is 29.3 Å². The van der Waals surface area contributed by atoms with Crippen molar-refractivity contribution in [3.05, 3.63) is 35.4 Å². The van der Waals surface area contributed by atoms with E-state index < -0.39 is 12.7 Å². The van der Waals surface area contributed by atoms with Crippen molar-refractivity contribution in [3.63, 3.8) is 0 Å². The van der Waals surface area contributed by atoms with Crippen molar-refractivity contribution < 1.29 is 17.9 Å². The van der Waals surface area contributed by atoms with Crippen molar-refractivity contribution >= 4 is 29.9 Å². The first-order chi connectivity index (χ1) is 11.9. The van der Waals surface area contributed by atoms with E-state index in [2.05, 4.69) is 15.6 Å². The van der Waals surface area contributed by atoms with Crippen LogP contribution >= 0.6 is 24.0 Å². The van der Waals surface area contributed by atoms with Crippen molar-refractivity contribution in [1.82, 2.24) is 15.5 Å². The lowest BCUT2D eigenvalue weighted by atomic mass is 10.1. The van der Waals surface area contributed by atoms with Crippen LogP contribution in [-0.4, -0.2) is 56.9 Å². The van der Waals surface area contributed by atoms with E-state index in [1.807, 2.05) is 24.3 Å². The highest BCUT2D eigenvalue weighted by Crippen LogP contribution is 2.19. The third-order valence-electron chi connectivity index (χ3n) is 4.00. The van der Waals surface area contributed by atoms with Gasteiger partial charge in [0.1, 0.15) is 0 Å². The SMILES string of the molecule is CN=C(NCc1cccc(COC)c1)NC1CCN(CC(F)(F)F)C1.I. The number of likely N-dealkylation sites (tertiary alicyclic amines) is 1. The van der Waals surface area contributed by atoms with Crippen LogP contribution in [-0.2, 0) is 17.9 Å². The molecule has 1 aromatic rings. The summed E-state index contributed by atoms with van der Waals surface area (Å²) in [6.07, 6.45) is -3.48. The number of nitrogens with one attached hydrogen (secondary N) is 2. The molecule has 2 rings (SSSR count). The molecule has 0 aliphatic carbocycles. The molecule has 1 heterocycles. The van der Waals surface area contributed by atoms with Crippen molar-refractivity contribution in [2.75, 3.05) is 33.8 Å². The van der Waals surface area contributed by atoms with Gasteiger partial charge in [-0.3, -0.25) is 9.89 Å². The Hall–Kier alpha value is -1.07. The van der Waals surface area contributed by atoms with Gasteiger partial charge in [0.25, 0.3) is 0 Å². The number of rotatable bonds is 6. The number of benzene rings is 1. The third kappa shape index (κ3) is 8.09. The maximum atomic E-state index is 12.5. The fraction of sp³-hybridized carbons (Fsp3) is 0.588. The summed E-state index contributed by atoms with van der Waals surface area (Å²) in [5.41, 5.74) is 2.17. The highest BCUT2D eigenvalue weighted by atomic mass is 127. The minimum absolute atomic E-state index is 0. The molecule has 1 fully saturated rings. The standard InChI is InChI=1S/C17H25F3N4O.HI/c1-21-16(22-9-13-4-3-5-14(8-13)11-25-2)23-15-6-7-24(10-15)12-17(18,19)20;/h3-5,8,15H,6-7,9-12H2,1-2H3,(H2,21,22,23);1H. The number of guanidine groups is 1. The van der Waals surface area contributed by atoms with E-state index in [9.17, 15) is 13.2 Å². The van der Waals surface area contributed by atoms with Gasteiger partial charge in [0.15, 0.2) is 5.96 Å². The van der Waals surface area contributed by atoms with Crippen LogP contribution in [0.2, 0.25) is 0 Å². The Morgan fingerprint density at radius 1 is 1.35 bits per heavy atom. The average molecular weight is 486 g/mol. The molecule has 0 spiro atoms. The Bertz CT molecular complexity index is 583. The Morgan fingerprint density at radius 2 is 2.08 bits per heavy atom. The van der Waals surface area contributed by atoms with E-state index in [0.29, 0.717) is 38.6 Å². The van der Waals surface area contributed by atoms with Crippen LogP contribution in [0.1, 0.15) is 17.5 Å². The summed E-state index contributed by atoms with van der Waals surface area (Å²) in [5, 5.41) is 6.40. The lowest BCUT2D eigenvalue weighted by Gasteiger charge is -2.20. The molecule has 2 N–H and O–H groups in total. The first-order valence-electron chi connectivity index (χ1n) is 8.22. The molecule has 9 heteroatoms. The van der Waals surface area contributed by atoms with Crippen molar-refractivity contribution in [2.24, 2.45) is 4.99 Å². The molecule has 1 atom stereocenters. The Labute approximate surface area is 169 Å². The van der Waals surface area contributed by atoms with Crippen molar-refractivity contribution in [2.45, 2.75) is 31.8 Å². The van der Waals surface area contributed by atoms with Gasteiger partial charge in [-0.2, -0.15) is 13.2 Å². The van der Waals surface area contributed by atoms with E-state index >= 15 is 0 Å². The largest absolute Gasteiger partial charge is 0.401 e. The number of methoxy groups -OCH3 is 1. The van der Waals surface area contributed by atoms with E-state index in [4.69, 9.17) is 4.74 Å². The fourth-order valence-electron chi connectivity index (χ4n) is 2.92. The summed E-state index contributed by atoms with van der Waals surface area (Å²) in [6.45, 7) is 1.08. The van der Waals surface area contributed by atoms with Gasteiger partial charge in [0.2, 0.25) is 0 Å². The molecule has 1 unspecified atom stereocenters. The van der Waals surface area contributed by atoms with Gasteiger partial charge in [-0.05, 0) is 17.5 Å². The molecule has 5 nitrogen and oxygen atoms in total. The highest BCUT2D eigenvalue weighted by Gasteiger charge is 2.34. The molecular formula is C17H26F3IN4O. The zero-order valence-corrected chi connectivity index (χ0v) is 17.3. The van der Waals surface area contributed by atoms with Crippen molar-refractivity contribution in [1.29, 1.82) is 0 Å². The second-order valence-electron chi connectivity index (χ2n) is 6.16. The van der Waals surface area contributed by atoms with Gasteiger partial charge >= 0.3 is 6.18 Å². The quantitative estimate of drug-likeness (QED) is 0.369. The molecule has 1 aliphatic heterocycles. The minimum Gasteiger partial charge on any atom is -0.380 e. The number of hydrogen-bond acceptors (Lipinski definition) is 3. The monoisotopic (exact) mass is 486 g/mol. The first-order valence-corrected chi connectivity index (χ1v) is 8.22. The normalized spacial score (nSPS) is 18.5. The van der Waals surface area contributed by atoms with E-state index in [0.717, 1.165) is 11.1 Å². The number of alkyl halides is 3. The molecule has 1 aromatic carbocycles. The van der Waals surface area contributed by atoms with Crippen molar-refractivity contribution in [3.8, 4) is 0 Å². The number of hydrogen-bond donors (Lipinski definition) is 2. The van der Waals surface area contributed by atoms with Gasteiger partial charge in [0, 0.05) is 39.8 Å². The van der Waals surface area contributed by atoms with Gasteiger partial charge < -0.3 is 15.4 Å². The van der Waals surface area contributed by atoms with Crippen LogP contribution in [0.5, 0.6) is 0 Å². The molecule has 0 radical (unpaired) electrons. The van der Waals surface area contributed by atoms with Gasteiger partial charge in [-0.15, -0.1) is 24.0 Å². The Balaban J connectivity index is 0.00000338. The minimum atomic E-state index is -4.15. The van der Waals surface area contributed by atoms with Crippen LogP contribution in [0, 0.1) is 0 Å². The zero-order valence-electron chi connectivity index (χ0n) is 15.0. The summed E-state index contributed by atoms with van der Waals surface area (Å²) >= 11 is 0. The van der Waals surface area contributed by atoms with Crippen LogP contribution in [0.25, 0.3) is 0 Å². The number of ether oxygens (including phenoxy) is 1. The summed E-state index contributed by atoms with van der Waals surface area (Å²) in [5.74, 6) is 0.594. The van der Waals surface area contributed by atoms with Crippen LogP contribution in [0.3, 0.4) is 0 Å². The predicted octanol–water partition coefficient (Wildman–Crippen LogP) is 2.75. The van der Waals surface area contributed by atoms with Crippen LogP contribution < -0.4 is 10.6 Å². The first kappa shape index (κ1) is 23.0. The van der Waals surface area contributed by atoms with Gasteiger partial charge in [-0.1, -0.05) is 24.3 Å². The lowest BCUT2D eigenvalue weighted by Crippen LogP contribution is -2.44. The zero-order chi connectivity index (χ0) is 18.3. The molecule has 0 amide bonds. The topological polar surface area (TPSA) is 48.9 Å². The van der Waals surface area contributed by atoms with Gasteiger partial charge in [0.05, 0.1) is 13.2 Å². The summed E-state index contributed by atoms with van der Waals surface area (Å²) in [6, 6.07) is 7.97. The van der Waals surface area contributed by atoms with E-state index in [-0.39, 0.29) is 30.0 Å². The fourth-order valence-corrected chi connectivity index (χ4v) is 2.92. The van der Waals surface area contributed by atoms with Crippen LogP contribution in [0.4, 0.5) is 13.2 Å². The molecule has 0 aromatic heterocycles. The molecule has 148 valence electrons. The Kier molecular flexibility index (Phi) is 9.66. The number of nitrogens with zero attached hydrogens (tertiary/aromatic N) is 2. The number of halogens is 4. The number of aliphatic imine (C=N–C) groups is 1. The molecule has 0 bridgehead atoms. The second-order valence-corrected chi connectivity index (χ2v) is 6.16. The molecule has 1 saturated heterocycles. The third-order valence-corrected chi connectivity index (χ3v) is 4.00. The molecule has 0 saturated carbocycles. The maximum absolute atomic E-state index is 12.5. The smallest absolute Gasteiger partial charge is 0.380 e. The van der Waals surface area contributed by atoms with E-state index in [1.165, 1.54) is 4.90 Å². The summed E-state index contributed by atoms with van der Waals surface area (Å²) in [7, 11) is 3.31. The maximum Gasteiger partial charge on any atom is 0.401 e. The van der Waals surface area contributed by atoms with E-state index in [1.54, 1.807) is 14.2 Å².